The van der Waals surface area contributed by atoms with E-state index in [1.807, 2.05) is 41.5 Å². The number of fused-ring (bicyclic) bond motifs is 1. The zero-order chi connectivity index (χ0) is 23.1. The van der Waals surface area contributed by atoms with E-state index < -0.39 is 17.2 Å². The number of alkyl carbamates (subject to hydrolysis) is 1. The van der Waals surface area contributed by atoms with Gasteiger partial charge >= 0.3 is 11.8 Å². The molecule has 0 spiro atoms. The van der Waals surface area contributed by atoms with Crippen LogP contribution in [0.5, 0.6) is 0 Å². The number of carbonyl (C=O) groups is 1. The van der Waals surface area contributed by atoms with Crippen LogP contribution in [0.3, 0.4) is 0 Å². The summed E-state index contributed by atoms with van der Waals surface area (Å²) in [5, 5.41) is 13.8. The molecule has 2 heterocycles. The van der Waals surface area contributed by atoms with Gasteiger partial charge in [0.1, 0.15) is 11.4 Å². The first kappa shape index (κ1) is 28.2. The standard InChI is InChI=1S/C21H39N7O3.HI/c1-7-22-17(24-15-21(5,6)25-18(29)31-20(2,3)4)23-12-10-14-28-19(30)27-13-9-8-11-16(27)26-28;/h7-15H2,1-6H3,(H,25,29)(H2,22,23,24);1H. The molecule has 0 saturated heterocycles. The van der Waals surface area contributed by atoms with E-state index in [9.17, 15) is 9.59 Å². The highest BCUT2D eigenvalue weighted by Gasteiger charge is 2.24. The first-order chi connectivity index (χ1) is 14.5. The van der Waals surface area contributed by atoms with Gasteiger partial charge in [0, 0.05) is 32.6 Å². The number of guanidine groups is 1. The Hall–Kier alpha value is -1.79. The van der Waals surface area contributed by atoms with E-state index in [1.54, 1.807) is 9.25 Å². The van der Waals surface area contributed by atoms with E-state index in [1.165, 1.54) is 0 Å². The molecule has 10 nitrogen and oxygen atoms in total. The Morgan fingerprint density at radius 2 is 1.91 bits per heavy atom. The average Bonchev–Trinajstić information content (AvgIpc) is 2.97. The van der Waals surface area contributed by atoms with E-state index in [4.69, 9.17) is 4.74 Å². The maximum absolute atomic E-state index is 12.4. The lowest BCUT2D eigenvalue weighted by molar-refractivity contribution is 0.0476. The molecule has 3 N–H and O–H groups in total. The van der Waals surface area contributed by atoms with Crippen LogP contribution >= 0.6 is 24.0 Å². The first-order valence-electron chi connectivity index (χ1n) is 11.2. The fourth-order valence-corrected chi connectivity index (χ4v) is 3.27. The maximum atomic E-state index is 12.4. The third-order valence-corrected chi connectivity index (χ3v) is 4.69. The minimum absolute atomic E-state index is 0. The van der Waals surface area contributed by atoms with Crippen LogP contribution in [0.25, 0.3) is 0 Å². The van der Waals surface area contributed by atoms with Crippen LogP contribution in [0.2, 0.25) is 0 Å². The minimum Gasteiger partial charge on any atom is -0.444 e. The quantitative estimate of drug-likeness (QED) is 0.193. The molecule has 11 heteroatoms. The molecule has 0 bridgehead atoms. The topological polar surface area (TPSA) is 115 Å². The summed E-state index contributed by atoms with van der Waals surface area (Å²) in [6.07, 6.45) is 3.31. The van der Waals surface area contributed by atoms with Crippen molar-refractivity contribution in [2.45, 2.75) is 91.5 Å². The van der Waals surface area contributed by atoms with Crippen molar-refractivity contribution >= 4 is 36.0 Å². The van der Waals surface area contributed by atoms with Gasteiger partial charge in [-0.05, 0) is 60.8 Å². The average molecular weight is 566 g/mol. The van der Waals surface area contributed by atoms with Gasteiger partial charge < -0.3 is 20.7 Å². The number of ether oxygens (including phenoxy) is 1. The Bertz CT molecular complexity index is 824. The molecule has 0 radical (unpaired) electrons. The largest absolute Gasteiger partial charge is 0.444 e. The minimum atomic E-state index is -0.562. The molecule has 1 aliphatic heterocycles. The Balaban J connectivity index is 0.00000512. The Morgan fingerprint density at radius 3 is 2.53 bits per heavy atom. The summed E-state index contributed by atoms with van der Waals surface area (Å²) in [5.41, 5.74) is -1.12. The van der Waals surface area contributed by atoms with Gasteiger partial charge in [-0.1, -0.05) is 0 Å². The molecular formula is C21H40IN7O3. The van der Waals surface area contributed by atoms with E-state index >= 15 is 0 Å². The monoisotopic (exact) mass is 565 g/mol. The van der Waals surface area contributed by atoms with Gasteiger partial charge in [0.15, 0.2) is 5.96 Å². The molecule has 0 saturated carbocycles. The summed E-state index contributed by atoms with van der Waals surface area (Å²) in [6.45, 7) is 14.4. The number of aromatic nitrogens is 3. The Morgan fingerprint density at radius 1 is 1.19 bits per heavy atom. The third-order valence-electron chi connectivity index (χ3n) is 4.69. The van der Waals surface area contributed by atoms with Crippen LogP contribution in [0.4, 0.5) is 4.79 Å². The maximum Gasteiger partial charge on any atom is 0.408 e. The van der Waals surface area contributed by atoms with Gasteiger partial charge in [-0.2, -0.15) is 5.10 Å². The smallest absolute Gasteiger partial charge is 0.408 e. The number of hydrogen-bond donors (Lipinski definition) is 3. The number of aliphatic imine (C=N–C) groups is 1. The predicted octanol–water partition coefficient (Wildman–Crippen LogP) is 2.25. The van der Waals surface area contributed by atoms with Crippen LogP contribution in [0.1, 0.15) is 66.6 Å². The molecule has 0 atom stereocenters. The summed E-state index contributed by atoms with van der Waals surface area (Å²) in [6, 6.07) is 0. The summed E-state index contributed by atoms with van der Waals surface area (Å²) in [5.74, 6) is 1.57. The van der Waals surface area contributed by atoms with Crippen molar-refractivity contribution in [1.29, 1.82) is 0 Å². The molecular weight excluding hydrogens is 525 g/mol. The van der Waals surface area contributed by atoms with E-state index in [-0.39, 0.29) is 29.7 Å². The van der Waals surface area contributed by atoms with Crippen molar-refractivity contribution in [1.82, 2.24) is 30.3 Å². The summed E-state index contributed by atoms with van der Waals surface area (Å²) in [7, 11) is 0. The lowest BCUT2D eigenvalue weighted by Gasteiger charge is -2.27. The normalized spacial score (nSPS) is 14.2. The van der Waals surface area contributed by atoms with Crippen LogP contribution < -0.4 is 21.6 Å². The molecule has 184 valence electrons. The number of rotatable bonds is 8. The molecule has 1 aromatic rings. The van der Waals surface area contributed by atoms with Crippen molar-refractivity contribution in [3.8, 4) is 0 Å². The molecule has 1 amide bonds. The van der Waals surface area contributed by atoms with Gasteiger partial charge in [0.05, 0.1) is 12.1 Å². The lowest BCUT2D eigenvalue weighted by Crippen LogP contribution is -2.49. The number of halogens is 1. The van der Waals surface area contributed by atoms with Crippen molar-refractivity contribution in [3.05, 3.63) is 16.3 Å². The number of hydrogen-bond acceptors (Lipinski definition) is 5. The molecule has 1 aromatic heterocycles. The van der Waals surface area contributed by atoms with Gasteiger partial charge in [-0.25, -0.2) is 14.3 Å². The summed E-state index contributed by atoms with van der Waals surface area (Å²) >= 11 is 0. The second-order valence-corrected chi connectivity index (χ2v) is 9.52. The van der Waals surface area contributed by atoms with Crippen LogP contribution in [0, 0.1) is 0 Å². The number of amides is 1. The number of carbonyl (C=O) groups excluding carboxylic acids is 1. The zero-order valence-electron chi connectivity index (χ0n) is 20.3. The van der Waals surface area contributed by atoms with Gasteiger partial charge in [0.25, 0.3) is 0 Å². The molecule has 2 rings (SSSR count). The molecule has 0 fully saturated rings. The van der Waals surface area contributed by atoms with Crippen molar-refractivity contribution in [2.75, 3.05) is 19.6 Å². The predicted molar refractivity (Wildman–Crippen MR) is 137 cm³/mol. The van der Waals surface area contributed by atoms with Crippen LogP contribution in [-0.2, 0) is 24.2 Å². The second kappa shape index (κ2) is 12.4. The van der Waals surface area contributed by atoms with E-state index in [0.29, 0.717) is 25.6 Å². The number of nitrogens with zero attached hydrogens (tertiary/aromatic N) is 4. The molecule has 0 aromatic carbocycles. The van der Waals surface area contributed by atoms with Crippen LogP contribution in [-0.4, -0.2) is 57.2 Å². The second-order valence-electron chi connectivity index (χ2n) is 9.52. The lowest BCUT2D eigenvalue weighted by atomic mass is 10.1. The van der Waals surface area contributed by atoms with Gasteiger partial charge in [0.2, 0.25) is 0 Å². The summed E-state index contributed by atoms with van der Waals surface area (Å²) in [4.78, 5) is 29.0. The van der Waals surface area contributed by atoms with Crippen LogP contribution in [0.15, 0.2) is 9.79 Å². The molecule has 0 aliphatic carbocycles. The van der Waals surface area contributed by atoms with Crippen molar-refractivity contribution in [2.24, 2.45) is 4.99 Å². The summed E-state index contributed by atoms with van der Waals surface area (Å²) < 4.78 is 8.69. The fourth-order valence-electron chi connectivity index (χ4n) is 3.27. The Labute approximate surface area is 208 Å². The molecule has 32 heavy (non-hydrogen) atoms. The highest BCUT2D eigenvalue weighted by molar-refractivity contribution is 14.0. The van der Waals surface area contributed by atoms with Crippen molar-refractivity contribution in [3.63, 3.8) is 0 Å². The number of nitrogens with one attached hydrogen (secondary N) is 3. The van der Waals surface area contributed by atoms with Gasteiger partial charge in [-0.15, -0.1) is 24.0 Å². The number of aryl methyl sites for hydroxylation is 2. The van der Waals surface area contributed by atoms with Crippen molar-refractivity contribution < 1.29 is 9.53 Å². The molecule has 0 unspecified atom stereocenters. The first-order valence-corrected chi connectivity index (χ1v) is 11.2. The van der Waals surface area contributed by atoms with E-state index in [2.05, 4.69) is 26.0 Å². The SMILES string of the molecule is CCNC(=NCC(C)(C)NC(=O)OC(C)(C)C)NCCCn1nc2n(c1=O)CCCC2.I. The highest BCUT2D eigenvalue weighted by Crippen LogP contribution is 2.10. The zero-order valence-corrected chi connectivity index (χ0v) is 22.6. The molecule has 1 aliphatic rings. The third kappa shape index (κ3) is 9.37. The van der Waals surface area contributed by atoms with Gasteiger partial charge in [-0.3, -0.25) is 9.56 Å². The highest BCUT2D eigenvalue weighted by atomic mass is 127. The fraction of sp³-hybridized carbons (Fsp3) is 0.810. The Kier molecular flexibility index (Phi) is 11.0. The van der Waals surface area contributed by atoms with E-state index in [0.717, 1.165) is 44.6 Å².